The summed E-state index contributed by atoms with van der Waals surface area (Å²) in [6, 6.07) is 22.6. The van der Waals surface area contributed by atoms with Crippen LogP contribution < -0.4 is 0 Å². The second-order valence-corrected chi connectivity index (χ2v) is 7.69. The van der Waals surface area contributed by atoms with E-state index in [1.54, 1.807) is 29.1 Å². The number of carbonyl (C=O) groups excluding carboxylic acids is 1. The monoisotopic (exact) mass is 451 g/mol. The van der Waals surface area contributed by atoms with Gasteiger partial charge in [-0.3, -0.25) is 0 Å². The number of fused-ring (bicyclic) bond motifs is 1. The number of hydrogen-bond acceptors (Lipinski definition) is 6. The van der Waals surface area contributed by atoms with Gasteiger partial charge < -0.3 is 14.8 Å². The molecule has 8 nitrogen and oxygen atoms in total. The minimum absolute atomic E-state index is 0.0255. The van der Waals surface area contributed by atoms with E-state index in [4.69, 9.17) is 9.73 Å². The molecule has 0 fully saturated rings. The van der Waals surface area contributed by atoms with Crippen molar-refractivity contribution in [1.82, 2.24) is 20.0 Å². The molecule has 0 aliphatic carbocycles. The minimum Gasteiger partial charge on any atom is -0.494 e. The van der Waals surface area contributed by atoms with Gasteiger partial charge in [-0.2, -0.15) is 0 Å². The van der Waals surface area contributed by atoms with Gasteiger partial charge in [-0.05, 0) is 29.8 Å². The van der Waals surface area contributed by atoms with Crippen LogP contribution >= 0.6 is 0 Å². The summed E-state index contributed by atoms with van der Waals surface area (Å²) in [6.45, 7) is 0.612. The van der Waals surface area contributed by atoms with Crippen molar-refractivity contribution in [2.45, 2.75) is 6.54 Å². The highest BCUT2D eigenvalue weighted by Crippen LogP contribution is 2.32. The van der Waals surface area contributed by atoms with Gasteiger partial charge in [-0.1, -0.05) is 53.7 Å². The lowest BCUT2D eigenvalue weighted by Crippen LogP contribution is -2.03. The van der Waals surface area contributed by atoms with Crippen LogP contribution in [0.1, 0.15) is 27.0 Å². The maximum absolute atomic E-state index is 11.9. The van der Waals surface area contributed by atoms with Gasteiger partial charge >= 0.3 is 5.97 Å². The highest BCUT2D eigenvalue weighted by Gasteiger charge is 2.20. The highest BCUT2D eigenvalue weighted by molar-refractivity contribution is 6.22. The van der Waals surface area contributed by atoms with Crippen LogP contribution in [0.25, 0.3) is 10.9 Å². The van der Waals surface area contributed by atoms with Crippen molar-refractivity contribution in [3.8, 4) is 5.88 Å². The normalized spacial score (nSPS) is 11.6. The quantitative estimate of drug-likeness (QED) is 0.293. The molecule has 0 amide bonds. The standard InChI is InChI=1S/C26H21N5O3/c1-34-26(33)19-9-12-21-22(15-19)29-25(32)23(21)24(18-5-3-2-4-6-18)28-20-10-7-17(8-11-20)16-31-14-13-27-30-31/h2-15,29,32H,16H2,1H3. The fraction of sp³-hybridized carbons (Fsp3) is 0.0769. The lowest BCUT2D eigenvalue weighted by atomic mass is 10.00. The van der Waals surface area contributed by atoms with Crippen LogP contribution in [-0.4, -0.2) is 43.9 Å². The molecule has 0 radical (unpaired) electrons. The number of aromatic hydroxyl groups is 1. The smallest absolute Gasteiger partial charge is 0.337 e. The third-order valence-electron chi connectivity index (χ3n) is 5.48. The number of nitrogens with zero attached hydrogens (tertiary/aromatic N) is 4. The molecule has 0 saturated carbocycles. The fourth-order valence-electron chi connectivity index (χ4n) is 3.84. The van der Waals surface area contributed by atoms with E-state index in [1.807, 2.05) is 60.8 Å². The van der Waals surface area contributed by atoms with Gasteiger partial charge in [-0.15, -0.1) is 5.10 Å². The molecule has 5 aromatic rings. The summed E-state index contributed by atoms with van der Waals surface area (Å²) in [5.74, 6) is -0.470. The Labute approximate surface area is 195 Å². The molecule has 0 aliphatic rings. The maximum atomic E-state index is 11.9. The number of nitrogens with one attached hydrogen (secondary N) is 1. The molecule has 168 valence electrons. The predicted molar refractivity (Wildman–Crippen MR) is 129 cm³/mol. The Hall–Kier alpha value is -4.72. The van der Waals surface area contributed by atoms with Gasteiger partial charge in [0.1, 0.15) is 0 Å². The molecule has 5 rings (SSSR count). The average molecular weight is 451 g/mol. The van der Waals surface area contributed by atoms with E-state index in [-0.39, 0.29) is 5.88 Å². The summed E-state index contributed by atoms with van der Waals surface area (Å²) in [5.41, 5.74) is 4.83. The summed E-state index contributed by atoms with van der Waals surface area (Å²) in [4.78, 5) is 19.8. The van der Waals surface area contributed by atoms with E-state index in [2.05, 4.69) is 15.3 Å². The molecular weight excluding hydrogens is 430 g/mol. The molecule has 0 aliphatic heterocycles. The van der Waals surface area contributed by atoms with Gasteiger partial charge in [0, 0.05) is 22.7 Å². The van der Waals surface area contributed by atoms with Crippen LogP contribution in [0.2, 0.25) is 0 Å². The fourth-order valence-corrected chi connectivity index (χ4v) is 3.84. The Kier molecular flexibility index (Phi) is 5.61. The van der Waals surface area contributed by atoms with E-state index < -0.39 is 5.97 Å². The zero-order valence-electron chi connectivity index (χ0n) is 18.3. The van der Waals surface area contributed by atoms with Crippen LogP contribution in [0.15, 0.2) is 90.2 Å². The molecule has 3 aromatic carbocycles. The first-order valence-electron chi connectivity index (χ1n) is 10.6. The van der Waals surface area contributed by atoms with Gasteiger partial charge in [-0.25, -0.2) is 14.5 Å². The molecule has 0 atom stereocenters. The topological polar surface area (TPSA) is 105 Å². The zero-order valence-corrected chi connectivity index (χ0v) is 18.3. The van der Waals surface area contributed by atoms with Gasteiger partial charge in [0.2, 0.25) is 0 Å². The Balaban J connectivity index is 1.59. The Morgan fingerprint density at radius 2 is 1.85 bits per heavy atom. The second kappa shape index (κ2) is 9.03. The van der Waals surface area contributed by atoms with Crippen molar-refractivity contribution in [3.05, 3.63) is 107 Å². The van der Waals surface area contributed by atoms with Crippen molar-refractivity contribution >= 4 is 28.3 Å². The Morgan fingerprint density at radius 1 is 1.06 bits per heavy atom. The summed E-state index contributed by atoms with van der Waals surface area (Å²) in [6.07, 6.45) is 3.46. The van der Waals surface area contributed by atoms with Crippen molar-refractivity contribution in [2.24, 2.45) is 4.99 Å². The minimum atomic E-state index is -0.444. The first-order valence-corrected chi connectivity index (χ1v) is 10.6. The van der Waals surface area contributed by atoms with Crippen molar-refractivity contribution in [2.75, 3.05) is 7.11 Å². The van der Waals surface area contributed by atoms with Crippen molar-refractivity contribution in [1.29, 1.82) is 0 Å². The number of aromatic amines is 1. The SMILES string of the molecule is COC(=O)c1ccc2c(C(=Nc3ccc(Cn4ccnn4)cc3)c3ccccc3)c(O)[nH]c2c1. The number of aromatic nitrogens is 4. The summed E-state index contributed by atoms with van der Waals surface area (Å²) < 4.78 is 6.56. The van der Waals surface area contributed by atoms with Gasteiger partial charge in [0.15, 0.2) is 5.88 Å². The summed E-state index contributed by atoms with van der Waals surface area (Å²) in [7, 11) is 1.33. The molecule has 2 heterocycles. The number of esters is 1. The molecular formula is C26H21N5O3. The lowest BCUT2D eigenvalue weighted by molar-refractivity contribution is 0.0601. The number of carbonyl (C=O) groups is 1. The second-order valence-electron chi connectivity index (χ2n) is 7.69. The van der Waals surface area contributed by atoms with Crippen LogP contribution in [-0.2, 0) is 11.3 Å². The summed E-state index contributed by atoms with van der Waals surface area (Å²) in [5, 5.41) is 19.4. The first kappa shape index (κ1) is 21.1. The number of ether oxygens (including phenoxy) is 1. The first-order chi connectivity index (χ1) is 16.6. The largest absolute Gasteiger partial charge is 0.494 e. The summed E-state index contributed by atoms with van der Waals surface area (Å²) >= 11 is 0. The van der Waals surface area contributed by atoms with Crippen LogP contribution in [0.3, 0.4) is 0 Å². The molecule has 0 unspecified atom stereocenters. The molecule has 0 bridgehead atoms. The molecule has 0 saturated heterocycles. The molecule has 8 heteroatoms. The third kappa shape index (κ3) is 4.16. The van der Waals surface area contributed by atoms with E-state index in [9.17, 15) is 9.90 Å². The van der Waals surface area contributed by atoms with Crippen molar-refractivity contribution in [3.63, 3.8) is 0 Å². The Morgan fingerprint density at radius 3 is 2.56 bits per heavy atom. The third-order valence-corrected chi connectivity index (χ3v) is 5.48. The molecule has 0 spiro atoms. The Bertz CT molecular complexity index is 1470. The number of methoxy groups -OCH3 is 1. The van der Waals surface area contributed by atoms with Gasteiger partial charge in [0.25, 0.3) is 0 Å². The van der Waals surface area contributed by atoms with E-state index >= 15 is 0 Å². The van der Waals surface area contributed by atoms with Crippen LogP contribution in [0.5, 0.6) is 5.88 Å². The molecule has 2 N–H and O–H groups in total. The number of benzene rings is 3. The van der Waals surface area contributed by atoms with Gasteiger partial charge in [0.05, 0.1) is 42.4 Å². The van der Waals surface area contributed by atoms with Crippen LogP contribution in [0.4, 0.5) is 5.69 Å². The zero-order chi connectivity index (χ0) is 23.5. The predicted octanol–water partition coefficient (Wildman–Crippen LogP) is 4.47. The van der Waals surface area contributed by atoms with Crippen molar-refractivity contribution < 1.29 is 14.6 Å². The molecule has 2 aromatic heterocycles. The number of rotatable bonds is 6. The van der Waals surface area contributed by atoms with E-state index in [1.165, 1.54) is 7.11 Å². The maximum Gasteiger partial charge on any atom is 0.337 e. The number of hydrogen-bond donors (Lipinski definition) is 2. The number of H-pyrrole nitrogens is 1. The number of aliphatic imine (C=N–C) groups is 1. The average Bonchev–Trinajstić information content (AvgIpc) is 3.50. The lowest BCUT2D eigenvalue weighted by Gasteiger charge is -2.08. The van der Waals surface area contributed by atoms with E-state index in [0.29, 0.717) is 28.9 Å². The highest BCUT2D eigenvalue weighted by atomic mass is 16.5. The van der Waals surface area contributed by atoms with Crippen LogP contribution in [0, 0.1) is 0 Å². The molecule has 34 heavy (non-hydrogen) atoms. The van der Waals surface area contributed by atoms with E-state index in [0.717, 1.165) is 22.2 Å².